The third-order valence-corrected chi connectivity index (χ3v) is 5.59. The molecule has 0 fully saturated rings. The third-order valence-electron chi connectivity index (χ3n) is 4.62. The Labute approximate surface area is 147 Å². The molecule has 0 unspecified atom stereocenters. The first-order valence-corrected chi connectivity index (χ1v) is 11.3. The lowest BCUT2D eigenvalue weighted by molar-refractivity contribution is -0.919. The quantitative estimate of drug-likeness (QED) is 0.180. The molecule has 0 saturated carbocycles. The highest BCUT2D eigenvalue weighted by Crippen LogP contribution is 2.38. The summed E-state index contributed by atoms with van der Waals surface area (Å²) in [6.07, 6.45) is 11.8. The zero-order valence-corrected chi connectivity index (χ0v) is 16.3. The minimum Gasteiger partial charge on any atom is -0.391 e. The molecule has 0 aromatic heterocycles. The Morgan fingerprint density at radius 3 is 1.50 bits per heavy atom. The van der Waals surface area contributed by atoms with E-state index in [1.807, 2.05) is 0 Å². The van der Waals surface area contributed by atoms with Gasteiger partial charge in [-0.15, -0.1) is 0 Å². The Morgan fingerprint density at radius 1 is 0.708 bits per heavy atom. The number of aliphatic hydroxyl groups excluding tert-OH is 2. The summed E-state index contributed by atoms with van der Waals surface area (Å²) in [7, 11) is -4.18. The topological polar surface area (TPSA) is 98.0 Å². The van der Waals surface area contributed by atoms with E-state index in [2.05, 4.69) is 6.92 Å². The first-order chi connectivity index (χ1) is 11.4. The lowest BCUT2D eigenvalue weighted by Crippen LogP contribution is -2.52. The van der Waals surface area contributed by atoms with Crippen molar-refractivity contribution in [3.63, 3.8) is 0 Å². The van der Waals surface area contributed by atoms with Crippen LogP contribution in [0.4, 0.5) is 0 Å². The molecule has 0 rings (SSSR count). The van der Waals surface area contributed by atoms with Gasteiger partial charge in [0, 0.05) is 0 Å². The summed E-state index contributed by atoms with van der Waals surface area (Å²) in [6, 6.07) is 0. The number of aliphatic hydroxyl groups is 2. The molecule has 0 bridgehead atoms. The molecule has 0 atom stereocenters. The second-order valence-electron chi connectivity index (χ2n) is 6.95. The Morgan fingerprint density at radius 2 is 1.12 bits per heavy atom. The number of quaternary nitrogens is 1. The van der Waals surface area contributed by atoms with Gasteiger partial charge in [-0.1, -0.05) is 58.3 Å². The molecule has 0 aromatic carbocycles. The Balaban J connectivity index is 4.03. The van der Waals surface area contributed by atoms with Crippen LogP contribution in [0.15, 0.2) is 0 Å². The van der Waals surface area contributed by atoms with Crippen LogP contribution in [0.5, 0.6) is 0 Å². The Bertz CT molecular complexity index is 329. The SMILES string of the molecule is CCCCCCCCCCCC[N+](CCO)(CCO)CP(=O)(O)O. The zero-order valence-electron chi connectivity index (χ0n) is 15.4. The van der Waals surface area contributed by atoms with Crippen molar-refractivity contribution in [2.24, 2.45) is 0 Å². The Kier molecular flexibility index (Phi) is 14.2. The highest BCUT2D eigenvalue weighted by Gasteiger charge is 2.34. The van der Waals surface area contributed by atoms with Crippen molar-refractivity contribution in [1.82, 2.24) is 0 Å². The van der Waals surface area contributed by atoms with Crippen molar-refractivity contribution in [2.45, 2.75) is 71.1 Å². The zero-order chi connectivity index (χ0) is 18.3. The molecular weight excluding hydrogens is 329 g/mol. The molecule has 146 valence electrons. The summed E-state index contributed by atoms with van der Waals surface area (Å²) in [5.74, 6) is 0. The van der Waals surface area contributed by atoms with Crippen LogP contribution in [0, 0.1) is 0 Å². The van der Waals surface area contributed by atoms with Crippen LogP contribution in [0.2, 0.25) is 0 Å². The Hall–Kier alpha value is 0.0300. The average Bonchev–Trinajstić information content (AvgIpc) is 2.48. The predicted octanol–water partition coefficient (Wildman–Crippen LogP) is 2.84. The number of hydrogen-bond donors (Lipinski definition) is 4. The van der Waals surface area contributed by atoms with E-state index < -0.39 is 7.60 Å². The van der Waals surface area contributed by atoms with Gasteiger partial charge in [0.2, 0.25) is 0 Å². The summed E-state index contributed by atoms with van der Waals surface area (Å²) in [6.45, 7) is 3.13. The fourth-order valence-corrected chi connectivity index (χ4v) is 4.50. The van der Waals surface area contributed by atoms with Gasteiger partial charge in [-0.25, -0.2) is 0 Å². The number of rotatable bonds is 17. The molecule has 0 heterocycles. The first-order valence-electron chi connectivity index (χ1n) is 9.50. The molecule has 0 radical (unpaired) electrons. The van der Waals surface area contributed by atoms with Gasteiger partial charge in [0.15, 0.2) is 6.29 Å². The summed E-state index contributed by atoms with van der Waals surface area (Å²) < 4.78 is 11.5. The van der Waals surface area contributed by atoms with Crippen LogP contribution in [0.3, 0.4) is 0 Å². The minimum absolute atomic E-state index is 0.105. The lowest BCUT2D eigenvalue weighted by atomic mass is 10.1. The predicted molar refractivity (Wildman–Crippen MR) is 97.8 cm³/mol. The van der Waals surface area contributed by atoms with Crippen LogP contribution >= 0.6 is 7.60 Å². The minimum atomic E-state index is -4.18. The van der Waals surface area contributed by atoms with Crippen molar-refractivity contribution in [1.29, 1.82) is 0 Å². The van der Waals surface area contributed by atoms with Crippen molar-refractivity contribution < 1.29 is 29.0 Å². The van der Waals surface area contributed by atoms with Gasteiger partial charge >= 0.3 is 7.60 Å². The fourth-order valence-electron chi connectivity index (χ4n) is 3.30. The highest BCUT2D eigenvalue weighted by atomic mass is 31.2. The molecule has 0 aromatic rings. The first kappa shape index (κ1) is 24.0. The number of hydrogen-bond acceptors (Lipinski definition) is 3. The van der Waals surface area contributed by atoms with Crippen LogP contribution < -0.4 is 0 Å². The van der Waals surface area contributed by atoms with Crippen LogP contribution in [0.25, 0.3) is 0 Å². The van der Waals surface area contributed by atoms with Gasteiger partial charge in [-0.2, -0.15) is 0 Å². The maximum absolute atomic E-state index is 11.4. The van der Waals surface area contributed by atoms with E-state index >= 15 is 0 Å². The van der Waals surface area contributed by atoms with E-state index in [1.165, 1.54) is 44.9 Å². The van der Waals surface area contributed by atoms with Gasteiger partial charge in [0.1, 0.15) is 13.1 Å². The molecule has 0 aliphatic rings. The van der Waals surface area contributed by atoms with E-state index in [4.69, 9.17) is 0 Å². The van der Waals surface area contributed by atoms with Gasteiger partial charge < -0.3 is 24.5 Å². The van der Waals surface area contributed by atoms with E-state index in [-0.39, 0.29) is 37.1 Å². The number of unbranched alkanes of at least 4 members (excludes halogenated alkanes) is 9. The molecule has 0 aliphatic heterocycles. The summed E-state index contributed by atoms with van der Waals surface area (Å²) in [5.41, 5.74) is 0. The molecule has 24 heavy (non-hydrogen) atoms. The molecule has 0 amide bonds. The van der Waals surface area contributed by atoms with Gasteiger partial charge in [0.05, 0.1) is 19.8 Å². The fraction of sp³-hybridized carbons (Fsp3) is 1.00. The van der Waals surface area contributed by atoms with Crippen molar-refractivity contribution in [3.8, 4) is 0 Å². The third kappa shape index (κ3) is 13.3. The molecule has 6 nitrogen and oxygen atoms in total. The molecular formula is C17H39NO5P+. The second kappa shape index (κ2) is 14.2. The van der Waals surface area contributed by atoms with Crippen LogP contribution in [-0.4, -0.2) is 63.6 Å². The second-order valence-corrected chi connectivity index (χ2v) is 8.56. The lowest BCUT2D eigenvalue weighted by Gasteiger charge is -2.37. The maximum atomic E-state index is 11.4. The summed E-state index contributed by atoms with van der Waals surface area (Å²) >= 11 is 0. The molecule has 7 heteroatoms. The number of nitrogens with zero attached hydrogens (tertiary/aromatic N) is 1. The molecule has 0 saturated heterocycles. The summed E-state index contributed by atoms with van der Waals surface area (Å²) in [5, 5.41) is 18.5. The molecule has 0 spiro atoms. The van der Waals surface area contributed by atoms with Crippen LogP contribution in [-0.2, 0) is 4.57 Å². The molecule has 0 aliphatic carbocycles. The van der Waals surface area contributed by atoms with Crippen molar-refractivity contribution in [2.75, 3.05) is 39.1 Å². The van der Waals surface area contributed by atoms with E-state index in [0.717, 1.165) is 19.3 Å². The molecule has 4 N–H and O–H groups in total. The van der Waals surface area contributed by atoms with Gasteiger partial charge in [-0.05, 0) is 12.8 Å². The van der Waals surface area contributed by atoms with E-state index in [0.29, 0.717) is 6.54 Å². The van der Waals surface area contributed by atoms with Crippen LogP contribution in [0.1, 0.15) is 71.1 Å². The van der Waals surface area contributed by atoms with Gasteiger partial charge in [-0.3, -0.25) is 4.57 Å². The van der Waals surface area contributed by atoms with Crippen molar-refractivity contribution in [3.05, 3.63) is 0 Å². The monoisotopic (exact) mass is 368 g/mol. The van der Waals surface area contributed by atoms with Gasteiger partial charge in [0.25, 0.3) is 0 Å². The van der Waals surface area contributed by atoms with Crippen molar-refractivity contribution >= 4 is 7.60 Å². The smallest absolute Gasteiger partial charge is 0.379 e. The van der Waals surface area contributed by atoms with E-state index in [1.54, 1.807) is 0 Å². The summed E-state index contributed by atoms with van der Waals surface area (Å²) in [4.78, 5) is 18.6. The highest BCUT2D eigenvalue weighted by molar-refractivity contribution is 7.51. The van der Waals surface area contributed by atoms with E-state index in [9.17, 15) is 24.6 Å². The normalized spacial score (nSPS) is 12.7. The largest absolute Gasteiger partial charge is 0.391 e. The standard InChI is InChI=1S/C17H38NO5P/c1-2-3-4-5-6-7-8-9-10-11-12-18(13-15-19,14-16-20)17-24(21,22)23/h19-20H,2-17H2,1H3,(H-,21,22,23)/p+1. The maximum Gasteiger partial charge on any atom is 0.379 e. The average molecular weight is 368 g/mol.